The van der Waals surface area contributed by atoms with Crippen LogP contribution in [0.2, 0.25) is 0 Å². The molecule has 0 aliphatic carbocycles. The molecule has 10 heteroatoms. The Morgan fingerprint density at radius 2 is 1.78 bits per heavy atom. The highest BCUT2D eigenvalue weighted by Gasteiger charge is 2.32. The number of anilines is 1. The van der Waals surface area contributed by atoms with Crippen molar-refractivity contribution in [1.82, 2.24) is 10.6 Å². The number of rotatable bonds is 7. The van der Waals surface area contributed by atoms with Crippen molar-refractivity contribution in [1.29, 1.82) is 0 Å². The summed E-state index contributed by atoms with van der Waals surface area (Å²) in [5.74, 6) is 0. The number of nitro benzene ring substituents is 1. The van der Waals surface area contributed by atoms with Crippen LogP contribution in [0.3, 0.4) is 0 Å². The summed E-state index contributed by atoms with van der Waals surface area (Å²) in [6.45, 7) is 1.11. The Kier molecular flexibility index (Phi) is 6.94. The molecule has 0 aliphatic rings. The average Bonchev–Trinajstić information content (AvgIpc) is 2.63. The second-order valence-electron chi connectivity index (χ2n) is 5.51. The maximum atomic E-state index is 12.7. The zero-order chi connectivity index (χ0) is 19.9. The minimum absolute atomic E-state index is 0.0120. The predicted octanol–water partition coefficient (Wildman–Crippen LogP) is 3.69. The second kappa shape index (κ2) is 9.17. The highest BCUT2D eigenvalue weighted by molar-refractivity contribution is 7.80. The number of thiocarbonyl (C=S) groups is 1. The highest BCUT2D eigenvalue weighted by Crippen LogP contribution is 2.34. The Morgan fingerprint density at radius 1 is 1.07 bits per heavy atom. The van der Waals surface area contributed by atoms with Crippen molar-refractivity contribution in [3.8, 4) is 0 Å². The third-order valence-electron chi connectivity index (χ3n) is 3.54. The van der Waals surface area contributed by atoms with Crippen LogP contribution in [-0.4, -0.2) is 23.1 Å². The van der Waals surface area contributed by atoms with Crippen molar-refractivity contribution in [2.75, 3.05) is 18.4 Å². The number of nitro groups is 1. The number of nitrogens with zero attached hydrogens (tertiary/aromatic N) is 1. The minimum Gasteiger partial charge on any atom is -0.378 e. The van der Waals surface area contributed by atoms with Gasteiger partial charge in [0.1, 0.15) is 5.69 Å². The maximum Gasteiger partial charge on any atom is 0.416 e. The number of nitrogens with one attached hydrogen (secondary N) is 3. The van der Waals surface area contributed by atoms with Crippen molar-refractivity contribution in [3.05, 3.63) is 69.8 Å². The van der Waals surface area contributed by atoms with Gasteiger partial charge in [0.15, 0.2) is 5.11 Å². The van der Waals surface area contributed by atoms with E-state index in [2.05, 4.69) is 16.0 Å². The van der Waals surface area contributed by atoms with Gasteiger partial charge in [0, 0.05) is 25.7 Å². The average molecular weight is 398 g/mol. The van der Waals surface area contributed by atoms with E-state index in [0.717, 1.165) is 17.7 Å². The molecule has 6 nitrogen and oxygen atoms in total. The van der Waals surface area contributed by atoms with Crippen LogP contribution in [-0.2, 0) is 12.7 Å². The lowest BCUT2D eigenvalue weighted by molar-refractivity contribution is -0.384. The van der Waals surface area contributed by atoms with E-state index in [-0.39, 0.29) is 12.2 Å². The van der Waals surface area contributed by atoms with Gasteiger partial charge in [0.2, 0.25) is 0 Å². The van der Waals surface area contributed by atoms with E-state index >= 15 is 0 Å². The van der Waals surface area contributed by atoms with Crippen molar-refractivity contribution in [3.63, 3.8) is 0 Å². The smallest absolute Gasteiger partial charge is 0.378 e. The molecule has 27 heavy (non-hydrogen) atoms. The van der Waals surface area contributed by atoms with E-state index in [9.17, 15) is 23.3 Å². The van der Waals surface area contributed by atoms with Crippen molar-refractivity contribution >= 4 is 28.7 Å². The molecule has 0 radical (unpaired) electrons. The Balaban J connectivity index is 1.82. The molecule has 0 spiro atoms. The third kappa shape index (κ3) is 6.41. The molecule has 2 rings (SSSR count). The highest BCUT2D eigenvalue weighted by atomic mass is 32.1. The normalized spacial score (nSPS) is 10.9. The summed E-state index contributed by atoms with van der Waals surface area (Å²) in [7, 11) is 0. The first kappa shape index (κ1) is 20.4. The van der Waals surface area contributed by atoms with Crippen LogP contribution < -0.4 is 16.0 Å². The summed E-state index contributed by atoms with van der Waals surface area (Å²) >= 11 is 5.13. The van der Waals surface area contributed by atoms with Gasteiger partial charge in [-0.25, -0.2) is 0 Å². The third-order valence-corrected chi connectivity index (χ3v) is 3.83. The largest absolute Gasteiger partial charge is 0.416 e. The molecular formula is C17H17F3N4O2S. The first-order chi connectivity index (χ1) is 12.8. The summed E-state index contributed by atoms with van der Waals surface area (Å²) in [5.41, 5.74) is -0.628. The minimum atomic E-state index is -4.64. The van der Waals surface area contributed by atoms with Crippen LogP contribution in [0.25, 0.3) is 0 Å². The van der Waals surface area contributed by atoms with Gasteiger partial charge in [0.05, 0.1) is 10.5 Å². The van der Waals surface area contributed by atoms with E-state index in [1.54, 1.807) is 0 Å². The summed E-state index contributed by atoms with van der Waals surface area (Å²) in [6.07, 6.45) is -4.64. The number of hydrogen-bond donors (Lipinski definition) is 3. The lowest BCUT2D eigenvalue weighted by Gasteiger charge is -2.13. The molecule has 0 amide bonds. The molecule has 3 N–H and O–H groups in total. The number of benzene rings is 2. The van der Waals surface area contributed by atoms with Gasteiger partial charge < -0.3 is 16.0 Å². The van der Waals surface area contributed by atoms with E-state index < -0.39 is 22.4 Å². The van der Waals surface area contributed by atoms with Crippen LogP contribution in [0.4, 0.5) is 24.5 Å². The molecule has 0 unspecified atom stereocenters. The van der Waals surface area contributed by atoms with E-state index in [1.807, 2.05) is 30.3 Å². The van der Waals surface area contributed by atoms with E-state index in [1.165, 1.54) is 0 Å². The van der Waals surface area contributed by atoms with Gasteiger partial charge in [-0.2, -0.15) is 13.2 Å². The van der Waals surface area contributed by atoms with E-state index in [4.69, 9.17) is 12.2 Å². The fourth-order valence-electron chi connectivity index (χ4n) is 2.22. The molecule has 0 bridgehead atoms. The Hall–Kier alpha value is -2.88. The molecule has 0 aliphatic heterocycles. The van der Waals surface area contributed by atoms with Crippen molar-refractivity contribution in [2.45, 2.75) is 12.7 Å². The van der Waals surface area contributed by atoms with Crippen LogP contribution in [0, 0.1) is 10.1 Å². The van der Waals surface area contributed by atoms with Crippen molar-refractivity contribution in [2.24, 2.45) is 0 Å². The molecule has 0 saturated carbocycles. The maximum absolute atomic E-state index is 12.7. The summed E-state index contributed by atoms with van der Waals surface area (Å²) < 4.78 is 38.0. The fraction of sp³-hybridized carbons (Fsp3) is 0.235. The molecule has 2 aromatic carbocycles. The zero-order valence-corrected chi connectivity index (χ0v) is 14.9. The molecule has 144 valence electrons. The molecular weight excluding hydrogens is 381 g/mol. The summed E-state index contributed by atoms with van der Waals surface area (Å²) in [4.78, 5) is 10.2. The van der Waals surface area contributed by atoms with Gasteiger partial charge in [-0.3, -0.25) is 10.1 Å². The first-order valence-electron chi connectivity index (χ1n) is 7.92. The van der Waals surface area contributed by atoms with Crippen molar-refractivity contribution < 1.29 is 18.1 Å². The van der Waals surface area contributed by atoms with Gasteiger partial charge in [-0.05, 0) is 29.9 Å². The lowest BCUT2D eigenvalue weighted by Crippen LogP contribution is -2.37. The van der Waals surface area contributed by atoms with Gasteiger partial charge in [-0.15, -0.1) is 0 Å². The molecule has 0 saturated heterocycles. The SMILES string of the molecule is O=[N+]([O-])c1cc(C(F)(F)F)ccc1NCCNC(=S)NCc1ccccc1. The quantitative estimate of drug-likeness (QED) is 0.286. The molecule has 2 aromatic rings. The van der Waals surface area contributed by atoms with Gasteiger partial charge in [-0.1, -0.05) is 30.3 Å². The Morgan fingerprint density at radius 3 is 2.41 bits per heavy atom. The molecule has 0 heterocycles. The van der Waals surface area contributed by atoms with Crippen LogP contribution in [0.5, 0.6) is 0 Å². The number of halogens is 3. The molecule has 0 fully saturated rings. The summed E-state index contributed by atoms with van der Waals surface area (Å²) in [6, 6.07) is 12.0. The molecule has 0 atom stereocenters. The number of hydrogen-bond acceptors (Lipinski definition) is 4. The van der Waals surface area contributed by atoms with E-state index in [0.29, 0.717) is 24.3 Å². The standard InChI is InChI=1S/C17H17F3N4O2S/c18-17(19,20)13-6-7-14(15(10-13)24(25)26)21-8-9-22-16(27)23-11-12-4-2-1-3-5-12/h1-7,10,21H,8-9,11H2,(H2,22,23,27). The number of alkyl halides is 3. The first-order valence-corrected chi connectivity index (χ1v) is 8.33. The van der Waals surface area contributed by atoms with Gasteiger partial charge in [0.25, 0.3) is 5.69 Å². The van der Waals surface area contributed by atoms with Crippen LogP contribution in [0.15, 0.2) is 48.5 Å². The van der Waals surface area contributed by atoms with Crippen LogP contribution >= 0.6 is 12.2 Å². The topological polar surface area (TPSA) is 79.2 Å². The van der Waals surface area contributed by atoms with Crippen LogP contribution in [0.1, 0.15) is 11.1 Å². The monoisotopic (exact) mass is 398 g/mol. The zero-order valence-electron chi connectivity index (χ0n) is 14.0. The Labute approximate surface area is 158 Å². The van der Waals surface area contributed by atoms with Gasteiger partial charge >= 0.3 is 6.18 Å². The summed E-state index contributed by atoms with van der Waals surface area (Å²) in [5, 5.41) is 20.1. The fourth-order valence-corrected chi connectivity index (χ4v) is 2.40. The second-order valence-corrected chi connectivity index (χ2v) is 5.92. The predicted molar refractivity (Wildman–Crippen MR) is 100 cm³/mol. The lowest BCUT2D eigenvalue weighted by atomic mass is 10.1. The Bertz CT molecular complexity index is 801. The molecule has 0 aromatic heterocycles.